The van der Waals surface area contributed by atoms with Gasteiger partial charge in [-0.25, -0.2) is 0 Å². The Bertz CT molecular complexity index is 299. The molecule has 13 heavy (non-hydrogen) atoms. The van der Waals surface area contributed by atoms with E-state index in [1.165, 1.54) is 11.1 Å². The van der Waals surface area contributed by atoms with Crippen LogP contribution in [0.1, 0.15) is 11.1 Å². The van der Waals surface area contributed by atoms with Crippen LogP contribution in [-0.4, -0.2) is 13.7 Å². The Morgan fingerprint density at radius 2 is 2.15 bits per heavy atom. The smallest absolute Gasteiger partial charge is 0.122 e. The van der Waals surface area contributed by atoms with Crippen LogP contribution in [0.3, 0.4) is 0 Å². The van der Waals surface area contributed by atoms with Gasteiger partial charge in [0.05, 0.1) is 7.11 Å². The standard InChI is InChI=1S/C10H14BrNO/c1-7-8(5-6-12)10(13-2)4-3-9(7)11/h3-4H,5-6,12H2,1-2H3. The first-order chi connectivity index (χ1) is 6.20. The molecule has 0 aliphatic carbocycles. The van der Waals surface area contributed by atoms with Crippen molar-refractivity contribution in [3.05, 3.63) is 27.7 Å². The fourth-order valence-corrected chi connectivity index (χ4v) is 1.72. The second-order valence-corrected chi connectivity index (χ2v) is 3.75. The molecule has 1 aromatic rings. The first-order valence-corrected chi connectivity index (χ1v) is 5.02. The van der Waals surface area contributed by atoms with Gasteiger partial charge in [0.15, 0.2) is 0 Å². The minimum atomic E-state index is 0.646. The molecule has 3 heteroatoms. The van der Waals surface area contributed by atoms with E-state index in [2.05, 4.69) is 22.9 Å². The van der Waals surface area contributed by atoms with Crippen molar-refractivity contribution in [1.29, 1.82) is 0 Å². The van der Waals surface area contributed by atoms with Gasteiger partial charge in [-0.1, -0.05) is 15.9 Å². The average molecular weight is 244 g/mol. The summed E-state index contributed by atoms with van der Waals surface area (Å²) < 4.78 is 6.37. The van der Waals surface area contributed by atoms with Crippen LogP contribution in [0.25, 0.3) is 0 Å². The number of benzene rings is 1. The van der Waals surface area contributed by atoms with Gasteiger partial charge < -0.3 is 10.5 Å². The van der Waals surface area contributed by atoms with E-state index in [0.29, 0.717) is 6.54 Å². The van der Waals surface area contributed by atoms with Crippen LogP contribution >= 0.6 is 15.9 Å². The van der Waals surface area contributed by atoms with Crippen molar-refractivity contribution in [1.82, 2.24) is 0 Å². The Morgan fingerprint density at radius 3 is 2.69 bits per heavy atom. The highest BCUT2D eigenvalue weighted by atomic mass is 79.9. The Kier molecular flexibility index (Phi) is 3.75. The van der Waals surface area contributed by atoms with Gasteiger partial charge in [0.2, 0.25) is 0 Å². The van der Waals surface area contributed by atoms with Crippen molar-refractivity contribution in [3.8, 4) is 5.75 Å². The van der Waals surface area contributed by atoms with E-state index in [9.17, 15) is 0 Å². The topological polar surface area (TPSA) is 35.2 Å². The molecule has 0 saturated carbocycles. The molecule has 0 radical (unpaired) electrons. The SMILES string of the molecule is COc1ccc(Br)c(C)c1CCN. The van der Waals surface area contributed by atoms with Gasteiger partial charge in [-0.2, -0.15) is 0 Å². The summed E-state index contributed by atoms with van der Waals surface area (Å²) in [5, 5.41) is 0. The molecule has 0 unspecified atom stereocenters. The molecular weight excluding hydrogens is 230 g/mol. The number of hydrogen-bond donors (Lipinski definition) is 1. The maximum absolute atomic E-state index is 5.53. The lowest BCUT2D eigenvalue weighted by Crippen LogP contribution is -2.06. The Hall–Kier alpha value is -0.540. The molecule has 0 bridgehead atoms. The molecule has 2 nitrogen and oxygen atoms in total. The van der Waals surface area contributed by atoms with Gasteiger partial charge in [-0.3, -0.25) is 0 Å². The normalized spacial score (nSPS) is 10.2. The fourth-order valence-electron chi connectivity index (χ4n) is 1.35. The summed E-state index contributed by atoms with van der Waals surface area (Å²) in [5.41, 5.74) is 7.94. The summed E-state index contributed by atoms with van der Waals surface area (Å²) >= 11 is 3.48. The summed E-state index contributed by atoms with van der Waals surface area (Å²) in [7, 11) is 1.68. The van der Waals surface area contributed by atoms with Gasteiger partial charge in [0.1, 0.15) is 5.75 Å². The van der Waals surface area contributed by atoms with Crippen molar-refractivity contribution in [3.63, 3.8) is 0 Å². The summed E-state index contributed by atoms with van der Waals surface area (Å²) in [6, 6.07) is 3.95. The zero-order valence-electron chi connectivity index (χ0n) is 7.93. The first-order valence-electron chi connectivity index (χ1n) is 4.22. The average Bonchev–Trinajstić information content (AvgIpc) is 2.14. The van der Waals surface area contributed by atoms with Crippen molar-refractivity contribution in [2.45, 2.75) is 13.3 Å². The molecule has 1 rings (SSSR count). The molecule has 0 aliphatic rings. The van der Waals surface area contributed by atoms with Crippen molar-refractivity contribution in [2.24, 2.45) is 5.73 Å². The number of methoxy groups -OCH3 is 1. The van der Waals surface area contributed by atoms with Crippen LogP contribution in [0.15, 0.2) is 16.6 Å². The van der Waals surface area contributed by atoms with Gasteiger partial charge in [0.25, 0.3) is 0 Å². The van der Waals surface area contributed by atoms with Crippen LogP contribution in [-0.2, 0) is 6.42 Å². The van der Waals surface area contributed by atoms with Gasteiger partial charge >= 0.3 is 0 Å². The fraction of sp³-hybridized carbons (Fsp3) is 0.400. The summed E-state index contributed by atoms with van der Waals surface area (Å²) in [5.74, 6) is 0.922. The van der Waals surface area contributed by atoms with Crippen molar-refractivity contribution >= 4 is 15.9 Å². The Labute approximate surface area is 87.2 Å². The zero-order valence-corrected chi connectivity index (χ0v) is 9.52. The summed E-state index contributed by atoms with van der Waals surface area (Å²) in [6.07, 6.45) is 0.856. The van der Waals surface area contributed by atoms with E-state index >= 15 is 0 Å². The molecule has 1 aromatic carbocycles. The minimum Gasteiger partial charge on any atom is -0.496 e. The lowest BCUT2D eigenvalue weighted by atomic mass is 10.0. The molecule has 0 aliphatic heterocycles. The summed E-state index contributed by atoms with van der Waals surface area (Å²) in [4.78, 5) is 0. The molecule has 0 spiro atoms. The van der Waals surface area contributed by atoms with Crippen LogP contribution in [0.4, 0.5) is 0 Å². The molecule has 0 amide bonds. The monoisotopic (exact) mass is 243 g/mol. The van der Waals surface area contributed by atoms with Gasteiger partial charge in [-0.05, 0) is 43.1 Å². The van der Waals surface area contributed by atoms with E-state index in [1.54, 1.807) is 7.11 Å². The quantitative estimate of drug-likeness (QED) is 0.885. The maximum atomic E-state index is 5.53. The Balaban J connectivity index is 3.15. The molecule has 0 fully saturated rings. The second-order valence-electron chi connectivity index (χ2n) is 2.89. The molecule has 2 N–H and O–H groups in total. The number of hydrogen-bond acceptors (Lipinski definition) is 2. The highest BCUT2D eigenvalue weighted by Crippen LogP contribution is 2.28. The Morgan fingerprint density at radius 1 is 1.46 bits per heavy atom. The predicted octanol–water partition coefficient (Wildman–Crippen LogP) is 2.27. The number of nitrogens with two attached hydrogens (primary N) is 1. The number of halogens is 1. The molecule has 0 aromatic heterocycles. The molecule has 0 heterocycles. The second kappa shape index (κ2) is 4.63. The molecule has 0 saturated heterocycles. The van der Waals surface area contributed by atoms with Crippen LogP contribution in [0.5, 0.6) is 5.75 Å². The lowest BCUT2D eigenvalue weighted by molar-refractivity contribution is 0.409. The van der Waals surface area contributed by atoms with Crippen LogP contribution < -0.4 is 10.5 Å². The van der Waals surface area contributed by atoms with Gasteiger partial charge in [0, 0.05) is 4.47 Å². The van der Waals surface area contributed by atoms with E-state index in [-0.39, 0.29) is 0 Å². The van der Waals surface area contributed by atoms with Crippen molar-refractivity contribution in [2.75, 3.05) is 13.7 Å². The summed E-state index contributed by atoms with van der Waals surface area (Å²) in [6.45, 7) is 2.71. The lowest BCUT2D eigenvalue weighted by Gasteiger charge is -2.11. The third-order valence-electron chi connectivity index (χ3n) is 2.10. The number of rotatable bonds is 3. The third-order valence-corrected chi connectivity index (χ3v) is 2.96. The maximum Gasteiger partial charge on any atom is 0.122 e. The van der Waals surface area contributed by atoms with E-state index in [4.69, 9.17) is 10.5 Å². The molecule has 72 valence electrons. The molecule has 0 atom stereocenters. The highest BCUT2D eigenvalue weighted by molar-refractivity contribution is 9.10. The third kappa shape index (κ3) is 2.23. The highest BCUT2D eigenvalue weighted by Gasteiger charge is 2.07. The zero-order chi connectivity index (χ0) is 9.84. The predicted molar refractivity (Wildman–Crippen MR) is 58.2 cm³/mol. The van der Waals surface area contributed by atoms with E-state index < -0.39 is 0 Å². The first kappa shape index (κ1) is 10.5. The minimum absolute atomic E-state index is 0.646. The molecular formula is C10H14BrNO. The van der Waals surface area contributed by atoms with Gasteiger partial charge in [-0.15, -0.1) is 0 Å². The van der Waals surface area contributed by atoms with Crippen LogP contribution in [0.2, 0.25) is 0 Å². The van der Waals surface area contributed by atoms with Crippen molar-refractivity contribution < 1.29 is 4.74 Å². The number of ether oxygens (including phenoxy) is 1. The van der Waals surface area contributed by atoms with Crippen LogP contribution in [0, 0.1) is 6.92 Å². The van der Waals surface area contributed by atoms with E-state index in [1.807, 2.05) is 12.1 Å². The largest absolute Gasteiger partial charge is 0.496 e. The van der Waals surface area contributed by atoms with E-state index in [0.717, 1.165) is 16.6 Å².